The third-order valence-corrected chi connectivity index (χ3v) is 7.02. The van der Waals surface area contributed by atoms with Gasteiger partial charge >= 0.3 is 0 Å². The van der Waals surface area contributed by atoms with Gasteiger partial charge in [0.05, 0.1) is 23.5 Å². The Morgan fingerprint density at radius 1 is 0.919 bits per heavy atom. The third kappa shape index (κ3) is 4.73. The molecule has 0 unspecified atom stereocenters. The summed E-state index contributed by atoms with van der Waals surface area (Å²) in [4.78, 5) is 15.1. The van der Waals surface area contributed by atoms with E-state index in [2.05, 4.69) is 69.5 Å². The Morgan fingerprint density at radius 3 is 2.32 bits per heavy atom. The van der Waals surface area contributed by atoms with Crippen molar-refractivity contribution >= 4 is 28.2 Å². The van der Waals surface area contributed by atoms with Crippen molar-refractivity contribution in [1.29, 1.82) is 0 Å². The van der Waals surface area contributed by atoms with Gasteiger partial charge in [-0.15, -0.1) is 0 Å². The summed E-state index contributed by atoms with van der Waals surface area (Å²) in [6, 6.07) is 23.8. The van der Waals surface area contributed by atoms with E-state index in [9.17, 15) is 9.90 Å². The van der Waals surface area contributed by atoms with E-state index in [0.29, 0.717) is 5.56 Å². The van der Waals surface area contributed by atoms with Gasteiger partial charge in [0.15, 0.2) is 0 Å². The number of aromatic nitrogens is 3. The van der Waals surface area contributed by atoms with Crippen LogP contribution in [-0.4, -0.2) is 44.6 Å². The summed E-state index contributed by atoms with van der Waals surface area (Å²) in [6.45, 7) is 3.74. The third-order valence-electron chi connectivity index (χ3n) is 7.02. The Morgan fingerprint density at radius 2 is 1.62 bits per heavy atom. The van der Waals surface area contributed by atoms with Gasteiger partial charge in [-0.05, 0) is 98.1 Å². The molecule has 1 saturated heterocycles. The summed E-state index contributed by atoms with van der Waals surface area (Å²) in [5, 5.41) is 18.3. The molecule has 7 nitrogen and oxygen atoms in total. The summed E-state index contributed by atoms with van der Waals surface area (Å²) in [7, 11) is 0. The number of benzene rings is 3. The predicted molar refractivity (Wildman–Crippen MR) is 147 cm³/mol. The van der Waals surface area contributed by atoms with Gasteiger partial charge in [0.2, 0.25) is 0 Å². The van der Waals surface area contributed by atoms with Crippen LogP contribution in [0.1, 0.15) is 28.8 Å². The van der Waals surface area contributed by atoms with Gasteiger partial charge in [-0.3, -0.25) is 4.79 Å². The number of carbonyl (C=O) groups excluding carboxylic acids is 1. The van der Waals surface area contributed by atoms with Crippen LogP contribution in [0.3, 0.4) is 0 Å². The number of anilines is 2. The molecule has 186 valence electrons. The van der Waals surface area contributed by atoms with Crippen molar-refractivity contribution in [3.63, 3.8) is 0 Å². The molecule has 7 heteroatoms. The molecule has 3 aromatic carbocycles. The maximum Gasteiger partial charge on any atom is 0.255 e. The Balaban J connectivity index is 1.15. The van der Waals surface area contributed by atoms with Crippen molar-refractivity contribution in [2.75, 3.05) is 23.3 Å². The number of nitrogens with one attached hydrogen (secondary N) is 1. The van der Waals surface area contributed by atoms with Crippen molar-refractivity contribution in [3.05, 3.63) is 103 Å². The topological polar surface area (TPSA) is 75.3 Å². The molecule has 2 N–H and O–H groups in total. The molecule has 0 saturated carbocycles. The SMILES string of the molecule is Cc1ccn(-c2ccc(-n3ncc4cc(NC(=O)c5ccc(N6CCC(O)CC6)cc5)ccc43)cc2)c1. The van der Waals surface area contributed by atoms with E-state index < -0.39 is 0 Å². The lowest BCUT2D eigenvalue weighted by atomic mass is 10.1. The number of fused-ring (bicyclic) bond motifs is 1. The smallest absolute Gasteiger partial charge is 0.255 e. The van der Waals surface area contributed by atoms with E-state index in [-0.39, 0.29) is 12.0 Å². The van der Waals surface area contributed by atoms with Crippen molar-refractivity contribution in [2.45, 2.75) is 25.9 Å². The highest BCUT2D eigenvalue weighted by Crippen LogP contribution is 2.24. The van der Waals surface area contributed by atoms with Crippen LogP contribution in [0.25, 0.3) is 22.3 Å². The van der Waals surface area contributed by atoms with E-state index in [1.165, 1.54) is 5.56 Å². The molecule has 0 aliphatic carbocycles. The molecule has 1 amide bonds. The van der Waals surface area contributed by atoms with E-state index in [1.54, 1.807) is 0 Å². The highest BCUT2D eigenvalue weighted by atomic mass is 16.3. The second kappa shape index (κ2) is 9.59. The lowest BCUT2D eigenvalue weighted by molar-refractivity contribution is 0.102. The van der Waals surface area contributed by atoms with Crippen LogP contribution in [0.5, 0.6) is 0 Å². The Bertz CT molecular complexity index is 1540. The molecule has 1 fully saturated rings. The molecule has 3 heterocycles. The number of amides is 1. The lowest BCUT2D eigenvalue weighted by Gasteiger charge is -2.31. The quantitative estimate of drug-likeness (QED) is 0.348. The van der Waals surface area contributed by atoms with Crippen molar-refractivity contribution < 1.29 is 9.90 Å². The molecule has 37 heavy (non-hydrogen) atoms. The first kappa shape index (κ1) is 23.1. The molecular weight excluding hydrogens is 462 g/mol. The Kier molecular flexibility index (Phi) is 5.98. The number of aliphatic hydroxyl groups excluding tert-OH is 1. The minimum Gasteiger partial charge on any atom is -0.393 e. The fourth-order valence-corrected chi connectivity index (χ4v) is 4.90. The average molecular weight is 492 g/mol. The van der Waals surface area contributed by atoms with E-state index >= 15 is 0 Å². The average Bonchev–Trinajstić information content (AvgIpc) is 3.55. The fourth-order valence-electron chi connectivity index (χ4n) is 4.90. The molecule has 5 aromatic rings. The van der Waals surface area contributed by atoms with Crippen molar-refractivity contribution in [1.82, 2.24) is 14.3 Å². The fraction of sp³-hybridized carbons (Fsp3) is 0.200. The Hall–Kier alpha value is -4.36. The van der Waals surface area contributed by atoms with E-state index in [0.717, 1.165) is 59.6 Å². The Labute approximate surface area is 215 Å². The van der Waals surface area contributed by atoms with Crippen LogP contribution in [-0.2, 0) is 0 Å². The van der Waals surface area contributed by atoms with Gasteiger partial charge in [-0.1, -0.05) is 0 Å². The van der Waals surface area contributed by atoms with Gasteiger partial charge in [-0.25, -0.2) is 4.68 Å². The number of aryl methyl sites for hydroxylation is 1. The second-order valence-corrected chi connectivity index (χ2v) is 9.66. The maximum atomic E-state index is 12.9. The van der Waals surface area contributed by atoms with Crippen LogP contribution < -0.4 is 10.2 Å². The molecule has 1 aliphatic heterocycles. The van der Waals surface area contributed by atoms with E-state index in [1.807, 2.05) is 53.3 Å². The largest absolute Gasteiger partial charge is 0.393 e. The van der Waals surface area contributed by atoms with Gasteiger partial charge in [-0.2, -0.15) is 5.10 Å². The highest BCUT2D eigenvalue weighted by molar-refractivity contribution is 6.05. The maximum absolute atomic E-state index is 12.9. The minimum atomic E-state index is -0.203. The summed E-state index contributed by atoms with van der Waals surface area (Å²) < 4.78 is 4.01. The van der Waals surface area contributed by atoms with Crippen LogP contribution in [0.2, 0.25) is 0 Å². The normalized spacial score (nSPS) is 14.3. The molecule has 0 radical (unpaired) electrons. The number of hydrogen-bond acceptors (Lipinski definition) is 4. The summed E-state index contributed by atoms with van der Waals surface area (Å²) in [6.07, 6.45) is 7.33. The van der Waals surface area contributed by atoms with Crippen molar-refractivity contribution in [3.8, 4) is 11.4 Å². The first-order valence-electron chi connectivity index (χ1n) is 12.6. The summed E-state index contributed by atoms with van der Waals surface area (Å²) in [5.41, 5.74) is 6.68. The molecule has 2 aromatic heterocycles. The monoisotopic (exact) mass is 491 g/mol. The van der Waals surface area contributed by atoms with Crippen LogP contribution >= 0.6 is 0 Å². The standard InChI is InChI=1S/C30H29N5O2/c1-21-12-15-34(20-21)26-7-9-27(10-8-26)35-29-11-4-24(18-23(29)19-31-35)32-30(37)22-2-5-25(6-3-22)33-16-13-28(36)14-17-33/h2-12,15,18-20,28,36H,13-14,16-17H2,1H3,(H,32,37). The van der Waals surface area contributed by atoms with Crippen LogP contribution in [0, 0.1) is 6.92 Å². The summed E-state index contributed by atoms with van der Waals surface area (Å²) >= 11 is 0. The molecule has 0 atom stereocenters. The lowest BCUT2D eigenvalue weighted by Crippen LogP contribution is -2.35. The number of carbonyl (C=O) groups is 1. The number of hydrogen-bond donors (Lipinski definition) is 2. The van der Waals surface area contributed by atoms with Crippen LogP contribution in [0.15, 0.2) is 91.4 Å². The van der Waals surface area contributed by atoms with Gasteiger partial charge in [0, 0.05) is 53.5 Å². The minimum absolute atomic E-state index is 0.150. The zero-order valence-corrected chi connectivity index (χ0v) is 20.7. The van der Waals surface area contributed by atoms with Gasteiger partial charge in [0.25, 0.3) is 5.91 Å². The highest BCUT2D eigenvalue weighted by Gasteiger charge is 2.17. The molecule has 6 rings (SSSR count). The van der Waals surface area contributed by atoms with Crippen LogP contribution in [0.4, 0.5) is 11.4 Å². The van der Waals surface area contributed by atoms with E-state index in [4.69, 9.17) is 0 Å². The zero-order valence-electron chi connectivity index (χ0n) is 20.7. The summed E-state index contributed by atoms with van der Waals surface area (Å²) in [5.74, 6) is -0.150. The number of nitrogens with zero attached hydrogens (tertiary/aromatic N) is 4. The molecular formula is C30H29N5O2. The zero-order chi connectivity index (χ0) is 25.4. The van der Waals surface area contributed by atoms with Gasteiger partial charge < -0.3 is 19.9 Å². The molecule has 0 spiro atoms. The first-order chi connectivity index (χ1) is 18.0. The molecule has 0 bridgehead atoms. The first-order valence-corrected chi connectivity index (χ1v) is 12.6. The number of piperidine rings is 1. The van der Waals surface area contributed by atoms with Crippen molar-refractivity contribution in [2.24, 2.45) is 0 Å². The number of rotatable bonds is 5. The second-order valence-electron chi connectivity index (χ2n) is 9.66. The molecule has 1 aliphatic rings. The predicted octanol–water partition coefficient (Wildman–Crippen LogP) is 5.34. The van der Waals surface area contributed by atoms with Gasteiger partial charge in [0.1, 0.15) is 0 Å². The number of aliphatic hydroxyl groups is 1.